The zero-order valence-electron chi connectivity index (χ0n) is 21.5. The largest absolute Gasteiger partial charge is 0.492 e. The van der Waals surface area contributed by atoms with Crippen molar-refractivity contribution in [3.8, 4) is 39.5 Å². The highest BCUT2D eigenvalue weighted by atomic mass is 19.1. The van der Waals surface area contributed by atoms with Crippen molar-refractivity contribution in [3.05, 3.63) is 66.9 Å². The highest BCUT2D eigenvalue weighted by Gasteiger charge is 2.17. The van der Waals surface area contributed by atoms with Gasteiger partial charge in [-0.1, -0.05) is 0 Å². The Kier molecular flexibility index (Phi) is 5.81. The summed E-state index contributed by atoms with van der Waals surface area (Å²) in [5.74, 6) is 0.185. The molecule has 0 radical (unpaired) electrons. The second kappa shape index (κ2) is 9.63. The summed E-state index contributed by atoms with van der Waals surface area (Å²) in [6, 6.07) is 12.7. The second-order valence-corrected chi connectivity index (χ2v) is 9.94. The summed E-state index contributed by atoms with van der Waals surface area (Å²) in [5, 5.41) is 12.7. The van der Waals surface area contributed by atoms with Crippen molar-refractivity contribution in [2.45, 2.75) is 12.8 Å². The van der Waals surface area contributed by atoms with Crippen molar-refractivity contribution in [2.24, 2.45) is 7.05 Å². The van der Waals surface area contributed by atoms with Gasteiger partial charge in [-0.05, 0) is 73.5 Å². The number of pyridine rings is 2. The van der Waals surface area contributed by atoms with Crippen LogP contribution in [0.2, 0.25) is 0 Å². The number of hydrogen-bond donors (Lipinski definition) is 2. The highest BCUT2D eigenvalue weighted by Crippen LogP contribution is 2.35. The molecule has 10 heteroatoms. The minimum Gasteiger partial charge on any atom is -0.492 e. The number of ether oxygens (including phenoxy) is 1. The van der Waals surface area contributed by atoms with Gasteiger partial charge in [-0.2, -0.15) is 10.2 Å². The number of likely N-dealkylation sites (tertiary alicyclic amines) is 1. The monoisotopic (exact) mass is 522 g/mol. The molecule has 0 aliphatic carbocycles. The van der Waals surface area contributed by atoms with E-state index >= 15 is 0 Å². The number of nitrogens with zero attached hydrogens (tertiary/aromatic N) is 6. The fourth-order valence-electron chi connectivity index (χ4n) is 5.31. The zero-order valence-corrected chi connectivity index (χ0v) is 21.5. The van der Waals surface area contributed by atoms with Crippen LogP contribution >= 0.6 is 0 Å². The van der Waals surface area contributed by atoms with Crippen molar-refractivity contribution in [1.82, 2.24) is 39.8 Å². The predicted octanol–water partition coefficient (Wildman–Crippen LogP) is 5.18. The van der Waals surface area contributed by atoms with Crippen molar-refractivity contribution >= 4 is 22.1 Å². The van der Waals surface area contributed by atoms with Gasteiger partial charge in [-0.25, -0.2) is 14.4 Å². The van der Waals surface area contributed by atoms with Crippen LogP contribution in [-0.2, 0) is 7.05 Å². The Bertz CT molecular complexity index is 1800. The Morgan fingerprint density at radius 2 is 1.95 bits per heavy atom. The number of benzene rings is 1. The topological polar surface area (TPSA) is 101 Å². The molecule has 9 nitrogen and oxygen atoms in total. The van der Waals surface area contributed by atoms with Crippen LogP contribution in [-0.4, -0.2) is 66.1 Å². The van der Waals surface area contributed by atoms with Gasteiger partial charge in [0.1, 0.15) is 35.0 Å². The smallest absolute Gasteiger partial charge is 0.138 e. The zero-order chi connectivity index (χ0) is 26.3. The molecule has 0 saturated carbocycles. The molecule has 0 unspecified atom stereocenters. The SMILES string of the molecule is Cn1cc(-c2ccc3[nH]nc(-c4cc5c(-c6cc(F)cc(OCCN7CCCC7)c6)ccnc5[nH]4)c3n2)cn1. The first-order chi connectivity index (χ1) is 19.1. The first kappa shape index (κ1) is 23.5. The molecular weight excluding hydrogens is 495 g/mol. The Morgan fingerprint density at radius 3 is 2.79 bits per heavy atom. The van der Waals surface area contributed by atoms with Gasteiger partial charge < -0.3 is 9.72 Å². The van der Waals surface area contributed by atoms with E-state index in [9.17, 15) is 4.39 Å². The van der Waals surface area contributed by atoms with Crippen LogP contribution in [0.15, 0.2) is 61.1 Å². The van der Waals surface area contributed by atoms with E-state index in [0.29, 0.717) is 23.7 Å². The van der Waals surface area contributed by atoms with E-state index < -0.39 is 0 Å². The van der Waals surface area contributed by atoms with E-state index in [2.05, 4.69) is 30.2 Å². The number of H-pyrrole nitrogens is 2. The molecule has 2 N–H and O–H groups in total. The third-order valence-electron chi connectivity index (χ3n) is 7.25. The number of nitrogens with one attached hydrogen (secondary N) is 2. The molecule has 6 aromatic rings. The normalized spacial score (nSPS) is 14.1. The molecule has 1 saturated heterocycles. The van der Waals surface area contributed by atoms with E-state index in [1.165, 1.54) is 25.0 Å². The van der Waals surface area contributed by atoms with Gasteiger partial charge in [-0.3, -0.25) is 14.7 Å². The highest BCUT2D eigenvalue weighted by molar-refractivity contribution is 5.99. The minimum atomic E-state index is -0.338. The quantitative estimate of drug-likeness (QED) is 0.300. The van der Waals surface area contributed by atoms with Gasteiger partial charge in [-0.15, -0.1) is 0 Å². The average Bonchev–Trinajstić information content (AvgIpc) is 3.74. The molecular formula is C29H27FN8O. The van der Waals surface area contributed by atoms with Crippen LogP contribution < -0.4 is 4.74 Å². The van der Waals surface area contributed by atoms with Crippen LogP contribution in [0.25, 0.3) is 55.8 Å². The van der Waals surface area contributed by atoms with E-state index in [-0.39, 0.29) is 5.82 Å². The Labute approximate surface area is 223 Å². The van der Waals surface area contributed by atoms with Gasteiger partial charge in [0.25, 0.3) is 0 Å². The molecule has 0 atom stereocenters. The Hall–Kier alpha value is -4.57. The van der Waals surface area contributed by atoms with Crippen LogP contribution in [0.1, 0.15) is 12.8 Å². The Morgan fingerprint density at radius 1 is 1.05 bits per heavy atom. The third kappa shape index (κ3) is 4.52. The molecule has 7 rings (SSSR count). The van der Waals surface area contributed by atoms with Crippen molar-refractivity contribution < 1.29 is 9.13 Å². The number of halogens is 1. The maximum atomic E-state index is 14.7. The standard InChI is InChI=1S/C29H27FN8O/c1-37-17-19(16-32-37)24-4-5-25-27(33-24)28(36-35-25)26-15-23-22(6-7-31-29(23)34-26)18-12-20(30)14-21(13-18)39-11-10-38-8-2-3-9-38/h4-7,12-17H,2-3,8-11H2,1H3,(H,31,34)(H,35,36). The second-order valence-electron chi connectivity index (χ2n) is 9.94. The van der Waals surface area contributed by atoms with Crippen molar-refractivity contribution in [2.75, 3.05) is 26.2 Å². The molecule has 1 aliphatic rings. The predicted molar refractivity (Wildman–Crippen MR) is 148 cm³/mol. The molecule has 0 amide bonds. The van der Waals surface area contributed by atoms with Crippen LogP contribution in [0.5, 0.6) is 5.75 Å². The van der Waals surface area contributed by atoms with Crippen LogP contribution in [0.3, 0.4) is 0 Å². The lowest BCUT2D eigenvalue weighted by molar-refractivity contribution is 0.237. The van der Waals surface area contributed by atoms with Crippen molar-refractivity contribution in [1.29, 1.82) is 0 Å². The summed E-state index contributed by atoms with van der Waals surface area (Å²) in [6.07, 6.45) is 7.90. The number of aryl methyl sites for hydroxylation is 1. The molecule has 1 aromatic carbocycles. The molecule has 5 aromatic heterocycles. The molecule has 1 aliphatic heterocycles. The molecule has 39 heavy (non-hydrogen) atoms. The molecule has 1 fully saturated rings. The fraction of sp³-hybridized carbons (Fsp3) is 0.241. The summed E-state index contributed by atoms with van der Waals surface area (Å²) in [4.78, 5) is 15.2. The first-order valence-electron chi connectivity index (χ1n) is 13.1. The van der Waals surface area contributed by atoms with Crippen molar-refractivity contribution in [3.63, 3.8) is 0 Å². The summed E-state index contributed by atoms with van der Waals surface area (Å²) >= 11 is 0. The number of rotatable bonds is 7. The van der Waals surface area contributed by atoms with Gasteiger partial charge in [0, 0.05) is 43.0 Å². The number of aromatic amines is 2. The minimum absolute atomic E-state index is 0.338. The average molecular weight is 523 g/mol. The van der Waals surface area contributed by atoms with Gasteiger partial charge in [0.15, 0.2) is 0 Å². The molecule has 6 heterocycles. The summed E-state index contributed by atoms with van der Waals surface area (Å²) in [6.45, 7) is 3.59. The molecule has 0 spiro atoms. The summed E-state index contributed by atoms with van der Waals surface area (Å²) in [5.41, 5.74) is 7.03. The third-order valence-corrected chi connectivity index (χ3v) is 7.25. The van der Waals surface area contributed by atoms with Crippen LogP contribution in [0.4, 0.5) is 4.39 Å². The fourth-order valence-corrected chi connectivity index (χ4v) is 5.31. The van der Waals surface area contributed by atoms with Gasteiger partial charge >= 0.3 is 0 Å². The lowest BCUT2D eigenvalue weighted by Gasteiger charge is -2.15. The number of fused-ring (bicyclic) bond motifs is 2. The van der Waals surface area contributed by atoms with Gasteiger partial charge in [0.05, 0.1) is 23.1 Å². The van der Waals surface area contributed by atoms with Crippen LogP contribution in [0, 0.1) is 5.82 Å². The van der Waals surface area contributed by atoms with Gasteiger partial charge in [0.2, 0.25) is 0 Å². The number of hydrogen-bond acceptors (Lipinski definition) is 6. The first-order valence-corrected chi connectivity index (χ1v) is 13.1. The summed E-state index contributed by atoms with van der Waals surface area (Å²) < 4.78 is 22.4. The van der Waals surface area contributed by atoms with E-state index in [0.717, 1.165) is 64.1 Å². The lowest BCUT2D eigenvalue weighted by Crippen LogP contribution is -2.25. The van der Waals surface area contributed by atoms with E-state index in [4.69, 9.17) is 9.72 Å². The molecule has 196 valence electrons. The Balaban J connectivity index is 1.23. The van der Waals surface area contributed by atoms with E-state index in [1.54, 1.807) is 17.1 Å². The number of aromatic nitrogens is 7. The maximum Gasteiger partial charge on any atom is 0.138 e. The van der Waals surface area contributed by atoms with E-state index in [1.807, 2.05) is 43.6 Å². The molecule has 0 bridgehead atoms. The maximum absolute atomic E-state index is 14.7. The lowest BCUT2D eigenvalue weighted by atomic mass is 10.0. The summed E-state index contributed by atoms with van der Waals surface area (Å²) in [7, 11) is 1.88.